The Morgan fingerprint density at radius 1 is 1.23 bits per heavy atom. The first-order chi connectivity index (χ1) is 14.3. The van der Waals surface area contributed by atoms with Crippen molar-refractivity contribution < 1.29 is 9.72 Å². The summed E-state index contributed by atoms with van der Waals surface area (Å²) in [6, 6.07) is 11.1. The van der Waals surface area contributed by atoms with E-state index in [0.29, 0.717) is 22.5 Å². The van der Waals surface area contributed by atoms with E-state index >= 15 is 0 Å². The highest BCUT2D eigenvalue weighted by molar-refractivity contribution is 8.00. The summed E-state index contributed by atoms with van der Waals surface area (Å²) < 4.78 is 1.90. The normalized spacial score (nSPS) is 11.9. The fraction of sp³-hybridized carbons (Fsp3) is 0.211. The second-order valence-electron chi connectivity index (χ2n) is 6.23. The molecule has 0 radical (unpaired) electrons. The van der Waals surface area contributed by atoms with Crippen molar-refractivity contribution in [2.24, 2.45) is 0 Å². The van der Waals surface area contributed by atoms with Crippen molar-refractivity contribution in [1.29, 1.82) is 0 Å². The number of benzene rings is 2. The predicted octanol–water partition coefficient (Wildman–Crippen LogP) is 5.30. The first-order valence-electron chi connectivity index (χ1n) is 8.90. The molecule has 8 nitrogen and oxygen atoms in total. The molecule has 1 N–H and O–H groups in total. The largest absolute Gasteiger partial charge is 0.324 e. The number of hydrogen-bond acceptors (Lipinski definition) is 6. The Morgan fingerprint density at radius 3 is 2.57 bits per heavy atom. The number of nitrogens with one attached hydrogen (secondary N) is 1. The summed E-state index contributed by atoms with van der Waals surface area (Å²) in [5.41, 5.74) is 0.886. The van der Waals surface area contributed by atoms with Gasteiger partial charge in [-0.3, -0.25) is 14.9 Å². The second kappa shape index (κ2) is 9.46. The average Bonchev–Trinajstić information content (AvgIpc) is 3.12. The smallest absolute Gasteiger partial charge is 0.271 e. The number of aromatic nitrogens is 3. The average molecular weight is 466 g/mol. The van der Waals surface area contributed by atoms with Gasteiger partial charge in [0.1, 0.15) is 0 Å². The van der Waals surface area contributed by atoms with E-state index in [0.717, 1.165) is 5.56 Å². The molecule has 11 heteroatoms. The molecule has 0 aliphatic rings. The van der Waals surface area contributed by atoms with Crippen molar-refractivity contribution in [1.82, 2.24) is 14.8 Å². The quantitative estimate of drug-likeness (QED) is 0.288. The summed E-state index contributed by atoms with van der Waals surface area (Å²) in [5.74, 6) is 0.312. The van der Waals surface area contributed by atoms with Gasteiger partial charge in [0.25, 0.3) is 5.69 Å². The van der Waals surface area contributed by atoms with Gasteiger partial charge in [0.2, 0.25) is 5.91 Å². The molecule has 0 saturated heterocycles. The zero-order valence-corrected chi connectivity index (χ0v) is 18.3. The van der Waals surface area contributed by atoms with E-state index in [9.17, 15) is 14.9 Å². The Morgan fingerprint density at radius 2 is 1.93 bits per heavy atom. The molecule has 3 rings (SSSR count). The molecule has 0 aliphatic heterocycles. The molecule has 0 bridgehead atoms. The molecule has 1 heterocycles. The van der Waals surface area contributed by atoms with Crippen molar-refractivity contribution in [2.75, 3.05) is 5.32 Å². The molecule has 1 atom stereocenters. The molecule has 0 aliphatic carbocycles. The monoisotopic (exact) mass is 465 g/mol. The molecule has 0 saturated carbocycles. The molecular formula is C19H17Cl2N5O3S. The minimum atomic E-state index is -0.549. The fourth-order valence-electron chi connectivity index (χ4n) is 2.64. The van der Waals surface area contributed by atoms with Crippen LogP contribution >= 0.6 is 35.0 Å². The van der Waals surface area contributed by atoms with Crippen LogP contribution in [-0.2, 0) is 11.3 Å². The number of thioether (sulfide) groups is 1. The summed E-state index contributed by atoms with van der Waals surface area (Å²) in [7, 11) is 0. The molecule has 1 amide bonds. The number of carbonyl (C=O) groups excluding carboxylic acids is 1. The molecule has 3 aromatic rings. The minimum absolute atomic E-state index is 0.159. The number of halogens is 2. The molecule has 2 aromatic carbocycles. The first kappa shape index (κ1) is 22.1. The number of non-ortho nitro benzene ring substituents is 1. The van der Waals surface area contributed by atoms with Crippen molar-refractivity contribution in [3.8, 4) is 11.4 Å². The van der Waals surface area contributed by atoms with Gasteiger partial charge < -0.3 is 9.88 Å². The highest BCUT2D eigenvalue weighted by atomic mass is 35.5. The van der Waals surface area contributed by atoms with Crippen LogP contribution in [0.2, 0.25) is 10.0 Å². The zero-order chi connectivity index (χ0) is 21.8. The maximum atomic E-state index is 12.6. The van der Waals surface area contributed by atoms with Gasteiger partial charge in [-0.15, -0.1) is 10.2 Å². The summed E-state index contributed by atoms with van der Waals surface area (Å²) >= 11 is 13.2. The Kier molecular flexibility index (Phi) is 6.96. The lowest BCUT2D eigenvalue weighted by molar-refractivity contribution is -0.384. The maximum Gasteiger partial charge on any atom is 0.271 e. The van der Waals surface area contributed by atoms with Gasteiger partial charge in [-0.2, -0.15) is 0 Å². The highest BCUT2D eigenvalue weighted by Crippen LogP contribution is 2.30. The van der Waals surface area contributed by atoms with E-state index in [1.165, 1.54) is 30.0 Å². The number of nitro benzene ring substituents is 1. The summed E-state index contributed by atoms with van der Waals surface area (Å²) in [5, 5.41) is 22.9. The molecule has 156 valence electrons. The van der Waals surface area contributed by atoms with E-state index in [-0.39, 0.29) is 22.3 Å². The van der Waals surface area contributed by atoms with Crippen molar-refractivity contribution in [3.63, 3.8) is 0 Å². The van der Waals surface area contributed by atoms with E-state index in [4.69, 9.17) is 23.2 Å². The minimum Gasteiger partial charge on any atom is -0.324 e. The summed E-state index contributed by atoms with van der Waals surface area (Å²) in [4.78, 5) is 23.0. The van der Waals surface area contributed by atoms with E-state index in [1.54, 1.807) is 19.1 Å². The Labute approximate surface area is 186 Å². The van der Waals surface area contributed by atoms with Crippen molar-refractivity contribution in [3.05, 3.63) is 62.6 Å². The van der Waals surface area contributed by atoms with Crippen LogP contribution in [0.4, 0.5) is 11.4 Å². The number of carbonyl (C=O) groups is 1. The Bertz CT molecular complexity index is 1090. The van der Waals surface area contributed by atoms with Gasteiger partial charge >= 0.3 is 0 Å². The number of rotatable bonds is 7. The van der Waals surface area contributed by atoms with Gasteiger partial charge in [0, 0.05) is 29.3 Å². The molecule has 0 spiro atoms. The van der Waals surface area contributed by atoms with Crippen molar-refractivity contribution in [2.45, 2.75) is 30.8 Å². The molecule has 1 aromatic heterocycles. The predicted molar refractivity (Wildman–Crippen MR) is 118 cm³/mol. The summed E-state index contributed by atoms with van der Waals surface area (Å²) in [6.07, 6.45) is 0. The topological polar surface area (TPSA) is 103 Å². The lowest BCUT2D eigenvalue weighted by Gasteiger charge is -2.13. The van der Waals surface area contributed by atoms with Crippen molar-refractivity contribution >= 4 is 52.2 Å². The van der Waals surface area contributed by atoms with Crippen LogP contribution in [0.1, 0.15) is 13.8 Å². The van der Waals surface area contributed by atoms with Gasteiger partial charge in [-0.25, -0.2) is 0 Å². The Hall–Kier alpha value is -2.62. The lowest BCUT2D eigenvalue weighted by atomic mass is 10.2. The van der Waals surface area contributed by atoms with Gasteiger partial charge in [0.15, 0.2) is 11.0 Å². The van der Waals surface area contributed by atoms with E-state index in [1.807, 2.05) is 23.6 Å². The van der Waals surface area contributed by atoms with Gasteiger partial charge in [0.05, 0.1) is 20.9 Å². The zero-order valence-electron chi connectivity index (χ0n) is 16.0. The highest BCUT2D eigenvalue weighted by Gasteiger charge is 2.22. The maximum absolute atomic E-state index is 12.6. The molecule has 30 heavy (non-hydrogen) atoms. The number of nitrogens with zero attached hydrogens (tertiary/aromatic N) is 4. The third-order valence-electron chi connectivity index (χ3n) is 4.21. The van der Waals surface area contributed by atoms with Crippen LogP contribution in [0.25, 0.3) is 11.4 Å². The van der Waals surface area contributed by atoms with Crippen LogP contribution in [0, 0.1) is 10.1 Å². The first-order valence-corrected chi connectivity index (χ1v) is 10.5. The van der Waals surface area contributed by atoms with Crippen LogP contribution in [-0.4, -0.2) is 30.8 Å². The van der Waals surface area contributed by atoms with Crippen LogP contribution < -0.4 is 5.32 Å². The van der Waals surface area contributed by atoms with E-state index < -0.39 is 10.2 Å². The van der Waals surface area contributed by atoms with E-state index in [2.05, 4.69) is 15.5 Å². The standard InChI is InChI=1S/C19H17Cl2N5O3S/c1-3-25-17(12-4-6-13(20)7-5-12)23-24-19(25)30-11(2)18(27)22-16-10-14(26(28)29)8-9-15(16)21/h4-11H,3H2,1-2H3,(H,22,27). The SMILES string of the molecule is CCn1c(SC(C)C(=O)Nc2cc([N+](=O)[O-])ccc2Cl)nnc1-c1ccc(Cl)cc1. The number of amides is 1. The van der Waals surface area contributed by atoms with Crippen LogP contribution in [0.15, 0.2) is 47.6 Å². The number of hydrogen-bond donors (Lipinski definition) is 1. The Balaban J connectivity index is 1.77. The van der Waals surface area contributed by atoms with Gasteiger partial charge in [-0.1, -0.05) is 35.0 Å². The van der Waals surface area contributed by atoms with Crippen LogP contribution in [0.5, 0.6) is 0 Å². The number of anilines is 1. The third-order valence-corrected chi connectivity index (χ3v) is 5.87. The fourth-order valence-corrected chi connectivity index (χ4v) is 3.85. The molecule has 0 fully saturated rings. The molecule has 1 unspecified atom stereocenters. The second-order valence-corrected chi connectivity index (χ2v) is 8.38. The third kappa shape index (κ3) is 4.92. The molecular weight excluding hydrogens is 449 g/mol. The van der Waals surface area contributed by atoms with Crippen LogP contribution in [0.3, 0.4) is 0 Å². The lowest BCUT2D eigenvalue weighted by Crippen LogP contribution is -2.23. The number of nitro groups is 1. The van der Waals surface area contributed by atoms with Gasteiger partial charge in [-0.05, 0) is 44.2 Å². The summed E-state index contributed by atoms with van der Waals surface area (Å²) in [6.45, 7) is 4.28.